The van der Waals surface area contributed by atoms with Gasteiger partial charge in [-0.15, -0.1) is 5.26 Å². The lowest BCUT2D eigenvalue weighted by molar-refractivity contribution is -0.306. The second kappa shape index (κ2) is 8.47. The number of hydrogen-bond acceptors (Lipinski definition) is 6. The second-order valence-corrected chi connectivity index (χ2v) is 6.67. The molecule has 0 saturated carbocycles. The number of rotatable bonds is 6. The van der Waals surface area contributed by atoms with E-state index in [-0.39, 0.29) is 18.1 Å². The van der Waals surface area contributed by atoms with Crippen molar-refractivity contribution in [3.63, 3.8) is 0 Å². The van der Waals surface area contributed by atoms with Crippen LogP contribution < -0.4 is 0 Å². The molecule has 1 heterocycles. The van der Waals surface area contributed by atoms with Crippen LogP contribution in [0.15, 0.2) is 0 Å². The zero-order valence-corrected chi connectivity index (χ0v) is 14.1. The van der Waals surface area contributed by atoms with E-state index in [0.29, 0.717) is 6.42 Å². The van der Waals surface area contributed by atoms with Crippen molar-refractivity contribution in [3.8, 4) is 6.26 Å². The Kier molecular flexibility index (Phi) is 7.27. The summed E-state index contributed by atoms with van der Waals surface area (Å²) in [5.41, 5.74) is -0.191. The Morgan fingerprint density at radius 1 is 1.41 bits per heavy atom. The Labute approximate surface area is 132 Å². The summed E-state index contributed by atoms with van der Waals surface area (Å²) < 4.78 is 21.3. The van der Waals surface area contributed by atoms with Gasteiger partial charge in [-0.05, 0) is 11.8 Å². The molecule has 6 heteroatoms. The van der Waals surface area contributed by atoms with E-state index < -0.39 is 24.3 Å². The van der Waals surface area contributed by atoms with Crippen LogP contribution in [0.4, 0.5) is 0 Å². The number of hydrogen-bond donors (Lipinski definition) is 0. The molecule has 0 amide bonds. The summed E-state index contributed by atoms with van der Waals surface area (Å²) in [6.07, 6.45) is 3.06. The minimum absolute atomic E-state index is 0.0677. The van der Waals surface area contributed by atoms with Crippen LogP contribution in [-0.2, 0) is 23.7 Å². The predicted molar refractivity (Wildman–Crippen MR) is 79.3 cm³/mol. The van der Waals surface area contributed by atoms with Crippen LogP contribution in [0.1, 0.15) is 47.0 Å². The van der Waals surface area contributed by atoms with Crippen molar-refractivity contribution < 1.29 is 23.7 Å². The highest BCUT2D eigenvalue weighted by atomic mass is 16.8. The molecule has 0 aromatic carbocycles. The Hall–Kier alpha value is -1.16. The predicted octanol–water partition coefficient (Wildman–Crippen LogP) is 2.82. The first-order valence-electron chi connectivity index (χ1n) is 7.72. The molecule has 0 aromatic heterocycles. The van der Waals surface area contributed by atoms with Crippen LogP contribution in [0.2, 0.25) is 0 Å². The van der Waals surface area contributed by atoms with E-state index in [1.807, 2.05) is 0 Å². The molecule has 0 spiro atoms. The zero-order chi connectivity index (χ0) is 16.8. The Morgan fingerprint density at radius 2 is 2.09 bits per heavy atom. The molecule has 1 rings (SSSR count). The Balaban J connectivity index is 3.06. The molecule has 1 aliphatic rings. The third-order valence-electron chi connectivity index (χ3n) is 4.09. The molecule has 1 fully saturated rings. The number of methoxy groups -OCH3 is 1. The minimum Gasteiger partial charge on any atom is -0.355 e. The highest BCUT2D eigenvalue weighted by molar-refractivity contribution is 5.74. The number of ether oxygens (including phenoxy) is 4. The van der Waals surface area contributed by atoms with Gasteiger partial charge in [0.1, 0.15) is 6.79 Å². The van der Waals surface area contributed by atoms with Crippen molar-refractivity contribution in [1.29, 1.82) is 5.26 Å². The Morgan fingerprint density at radius 3 is 2.59 bits per heavy atom. The molecule has 4 unspecified atom stereocenters. The van der Waals surface area contributed by atoms with Crippen molar-refractivity contribution in [2.75, 3.05) is 13.9 Å². The van der Waals surface area contributed by atoms with Gasteiger partial charge in [0, 0.05) is 13.0 Å². The molecule has 0 bridgehead atoms. The molecule has 1 aliphatic heterocycles. The maximum Gasteiger partial charge on any atom is 0.327 e. The smallest absolute Gasteiger partial charge is 0.327 e. The summed E-state index contributed by atoms with van der Waals surface area (Å²) in [5.74, 6) is -1.17. The lowest BCUT2D eigenvalue weighted by Crippen LogP contribution is -2.53. The van der Waals surface area contributed by atoms with E-state index in [4.69, 9.17) is 19.5 Å². The van der Waals surface area contributed by atoms with Crippen LogP contribution in [0.5, 0.6) is 0 Å². The molecular weight excluding hydrogens is 286 g/mol. The van der Waals surface area contributed by atoms with E-state index in [0.717, 1.165) is 12.8 Å². The molecule has 0 N–H and O–H groups in total. The molecule has 0 aliphatic carbocycles. The van der Waals surface area contributed by atoms with Crippen molar-refractivity contribution in [2.24, 2.45) is 17.3 Å². The van der Waals surface area contributed by atoms with Crippen molar-refractivity contribution in [3.05, 3.63) is 0 Å². The van der Waals surface area contributed by atoms with Crippen LogP contribution in [0, 0.1) is 28.8 Å². The van der Waals surface area contributed by atoms with E-state index >= 15 is 0 Å². The number of unbranched alkanes of at least 4 members (excludes halogenated alkanes) is 1. The summed E-state index contributed by atoms with van der Waals surface area (Å²) in [6, 6.07) is 0. The molecule has 126 valence electrons. The lowest BCUT2D eigenvalue weighted by Gasteiger charge is -2.46. The molecule has 1 saturated heterocycles. The first-order chi connectivity index (χ1) is 10.4. The fraction of sp³-hybridized carbons (Fsp3) is 0.875. The molecule has 22 heavy (non-hydrogen) atoms. The highest BCUT2D eigenvalue weighted by Crippen LogP contribution is 2.41. The van der Waals surface area contributed by atoms with Gasteiger partial charge in [0.05, 0.1) is 12.0 Å². The number of nitriles is 1. The molecule has 0 aromatic rings. The average molecular weight is 313 g/mol. The van der Waals surface area contributed by atoms with E-state index in [9.17, 15) is 4.79 Å². The maximum absolute atomic E-state index is 12.2. The second-order valence-electron chi connectivity index (χ2n) is 6.67. The van der Waals surface area contributed by atoms with Crippen molar-refractivity contribution in [1.82, 2.24) is 0 Å². The molecule has 6 nitrogen and oxygen atoms in total. The summed E-state index contributed by atoms with van der Waals surface area (Å²) in [4.78, 5) is 12.2. The van der Waals surface area contributed by atoms with Gasteiger partial charge in [0.25, 0.3) is 6.26 Å². The molecule has 0 radical (unpaired) electrons. The van der Waals surface area contributed by atoms with Gasteiger partial charge in [0.15, 0.2) is 6.29 Å². The largest absolute Gasteiger partial charge is 0.355 e. The van der Waals surface area contributed by atoms with Gasteiger partial charge in [-0.1, -0.05) is 40.5 Å². The fourth-order valence-corrected chi connectivity index (χ4v) is 2.99. The molecular formula is C16H27NO5. The van der Waals surface area contributed by atoms with E-state index in [1.165, 1.54) is 6.26 Å². The number of nitrogens with zero attached hydrogens (tertiary/aromatic N) is 1. The average Bonchev–Trinajstić information content (AvgIpc) is 2.46. The summed E-state index contributed by atoms with van der Waals surface area (Å²) >= 11 is 0. The third-order valence-corrected chi connectivity index (χ3v) is 4.09. The fourth-order valence-electron chi connectivity index (χ4n) is 2.99. The first kappa shape index (κ1) is 18.9. The number of esters is 1. The van der Waals surface area contributed by atoms with Crippen molar-refractivity contribution >= 4 is 5.97 Å². The third kappa shape index (κ3) is 4.67. The topological polar surface area (TPSA) is 77.8 Å². The first-order valence-corrected chi connectivity index (χ1v) is 7.72. The van der Waals surface area contributed by atoms with Crippen LogP contribution in [0.25, 0.3) is 0 Å². The van der Waals surface area contributed by atoms with Crippen LogP contribution >= 0.6 is 0 Å². The normalized spacial score (nSPS) is 27.0. The monoisotopic (exact) mass is 313 g/mol. The summed E-state index contributed by atoms with van der Waals surface area (Å²) in [6.45, 7) is 8.29. The van der Waals surface area contributed by atoms with Crippen LogP contribution in [0.3, 0.4) is 0 Å². The van der Waals surface area contributed by atoms with Gasteiger partial charge in [-0.3, -0.25) is 4.79 Å². The lowest BCUT2D eigenvalue weighted by atomic mass is 9.72. The standard InChI is InChI=1S/C16H27NO5/c1-6-7-8-11(14(18)20-9-17)13-12(16(2,3)4)15(19-5)22-10-21-13/h11-13,15H,6-8,10H2,1-5H3. The van der Waals surface area contributed by atoms with Crippen molar-refractivity contribution in [2.45, 2.75) is 59.4 Å². The minimum atomic E-state index is -0.535. The van der Waals surface area contributed by atoms with Gasteiger partial charge in [-0.2, -0.15) is 0 Å². The summed E-state index contributed by atoms with van der Waals surface area (Å²) in [5, 5.41) is 8.65. The van der Waals surface area contributed by atoms with Gasteiger partial charge in [-0.25, -0.2) is 0 Å². The maximum atomic E-state index is 12.2. The SMILES string of the molecule is CCCCC(C(=O)OC#N)C1OCOC(OC)C1C(C)(C)C. The number of carbonyl (C=O) groups is 1. The van der Waals surface area contributed by atoms with E-state index in [2.05, 4.69) is 32.4 Å². The zero-order valence-electron chi connectivity index (χ0n) is 14.1. The highest BCUT2D eigenvalue weighted by Gasteiger charge is 2.48. The van der Waals surface area contributed by atoms with Gasteiger partial charge >= 0.3 is 5.97 Å². The Bertz CT molecular complexity index is 398. The van der Waals surface area contributed by atoms with E-state index in [1.54, 1.807) is 7.11 Å². The number of carbonyl (C=O) groups excluding carboxylic acids is 1. The molecule has 4 atom stereocenters. The van der Waals surface area contributed by atoms with Gasteiger partial charge < -0.3 is 18.9 Å². The van der Waals surface area contributed by atoms with Gasteiger partial charge in [0.2, 0.25) is 0 Å². The van der Waals surface area contributed by atoms with Crippen LogP contribution in [-0.4, -0.2) is 32.3 Å². The summed E-state index contributed by atoms with van der Waals surface area (Å²) in [7, 11) is 1.58. The quantitative estimate of drug-likeness (QED) is 0.554.